The highest BCUT2D eigenvalue weighted by Gasteiger charge is 2.33. The number of amides is 1. The van der Waals surface area contributed by atoms with Crippen LogP contribution in [-0.4, -0.2) is 58.4 Å². The molecule has 5 nitrogen and oxygen atoms in total. The van der Waals surface area contributed by atoms with Crippen molar-refractivity contribution in [3.63, 3.8) is 0 Å². The number of hydrogen-bond donors (Lipinski definition) is 1. The van der Waals surface area contributed by atoms with Gasteiger partial charge in [-0.05, 0) is 43.7 Å². The van der Waals surface area contributed by atoms with E-state index in [1.54, 1.807) is 36.4 Å². The number of piperazine rings is 1. The molecule has 1 heterocycles. The normalized spacial score (nSPS) is 20.2. The van der Waals surface area contributed by atoms with Crippen LogP contribution in [0.25, 0.3) is 0 Å². The zero-order valence-corrected chi connectivity index (χ0v) is 16.9. The monoisotopic (exact) mass is 400 g/mol. The fourth-order valence-corrected chi connectivity index (χ4v) is 3.97. The van der Waals surface area contributed by atoms with E-state index in [1.807, 2.05) is 17.0 Å². The summed E-state index contributed by atoms with van der Waals surface area (Å²) in [7, 11) is 0. The second kappa shape index (κ2) is 8.86. The molecule has 0 spiro atoms. The van der Waals surface area contributed by atoms with E-state index in [4.69, 9.17) is 16.7 Å². The average Bonchev–Trinajstić information content (AvgIpc) is 2.68. The molecule has 0 radical (unpaired) electrons. The van der Waals surface area contributed by atoms with Gasteiger partial charge in [0.2, 0.25) is 0 Å². The third-order valence-electron chi connectivity index (χ3n) is 5.15. The summed E-state index contributed by atoms with van der Waals surface area (Å²) in [6.45, 7) is 5.98. The molecule has 148 valence electrons. The number of halogens is 1. The van der Waals surface area contributed by atoms with Gasteiger partial charge in [-0.1, -0.05) is 35.9 Å². The maximum atomic E-state index is 12.9. The minimum Gasteiger partial charge on any atom is -0.388 e. The summed E-state index contributed by atoms with van der Waals surface area (Å²) in [5.41, 5.74) is 2.28. The van der Waals surface area contributed by atoms with E-state index in [0.29, 0.717) is 16.1 Å². The minimum absolute atomic E-state index is 0.0307. The number of hydrogen-bond acceptors (Lipinski definition) is 4. The summed E-state index contributed by atoms with van der Waals surface area (Å²) in [5.74, 6) is -0.244. The molecule has 1 saturated heterocycles. The molecule has 28 heavy (non-hydrogen) atoms. The van der Waals surface area contributed by atoms with Crippen LogP contribution in [0.3, 0.4) is 0 Å². The van der Waals surface area contributed by atoms with Gasteiger partial charge in [0.25, 0.3) is 5.91 Å². The number of Topliss-reactive ketones (excluding diaryl/α,β-unsaturated/α-hetero) is 1. The highest BCUT2D eigenvalue weighted by molar-refractivity contribution is 6.30. The zero-order chi connectivity index (χ0) is 20.3. The van der Waals surface area contributed by atoms with Crippen molar-refractivity contribution in [3.05, 3.63) is 70.2 Å². The Morgan fingerprint density at radius 2 is 1.50 bits per heavy atom. The summed E-state index contributed by atoms with van der Waals surface area (Å²) in [6, 6.07) is 14.5. The molecular weight excluding hydrogens is 376 g/mol. The molecule has 6 heteroatoms. The fourth-order valence-electron chi connectivity index (χ4n) is 3.85. The molecule has 0 aromatic heterocycles. The van der Waals surface area contributed by atoms with Gasteiger partial charge in [-0.25, -0.2) is 0 Å². The van der Waals surface area contributed by atoms with Crippen molar-refractivity contribution in [1.29, 1.82) is 0 Å². The number of carbonyl (C=O) groups is 2. The number of carbonyl (C=O) groups excluding carboxylic acids is 2. The lowest BCUT2D eigenvalue weighted by Crippen LogP contribution is -2.58. The minimum atomic E-state index is -0.474. The zero-order valence-electron chi connectivity index (χ0n) is 16.1. The number of aliphatic hydroxyl groups is 1. The molecule has 1 fully saturated rings. The Labute approximate surface area is 170 Å². The number of nitrogens with zero attached hydrogens (tertiary/aromatic N) is 2. The molecule has 2 aromatic rings. The third-order valence-corrected chi connectivity index (χ3v) is 5.40. The van der Waals surface area contributed by atoms with Gasteiger partial charge in [-0.2, -0.15) is 0 Å². The molecule has 0 bridgehead atoms. The highest BCUT2D eigenvalue weighted by Crippen LogP contribution is 2.21. The molecule has 2 atom stereocenters. The van der Waals surface area contributed by atoms with E-state index in [2.05, 4.69) is 18.7 Å². The summed E-state index contributed by atoms with van der Waals surface area (Å²) < 4.78 is 0. The standard InChI is InChI=1S/C22H25ClN2O3/c1-15-11-24(13-17-3-5-18(6-4-17)21(27)14-26)12-16(2)25(15)22(28)19-7-9-20(23)10-8-19/h3-10,15-16,26H,11-14H2,1-2H3/t15-,16+. The molecule has 0 saturated carbocycles. The Kier molecular flexibility index (Phi) is 6.50. The van der Waals surface area contributed by atoms with Gasteiger partial charge < -0.3 is 10.0 Å². The first kappa shape index (κ1) is 20.5. The summed E-state index contributed by atoms with van der Waals surface area (Å²) in [4.78, 5) is 28.7. The Morgan fingerprint density at radius 3 is 2.04 bits per heavy atom. The van der Waals surface area contributed by atoms with Crippen LogP contribution >= 0.6 is 11.6 Å². The molecule has 2 aromatic carbocycles. The fraction of sp³-hybridized carbons (Fsp3) is 0.364. The summed E-state index contributed by atoms with van der Waals surface area (Å²) in [6.07, 6.45) is 0. The molecule has 0 aliphatic carbocycles. The Morgan fingerprint density at radius 1 is 0.964 bits per heavy atom. The van der Waals surface area contributed by atoms with Crippen LogP contribution in [0.15, 0.2) is 48.5 Å². The van der Waals surface area contributed by atoms with Crippen molar-refractivity contribution >= 4 is 23.3 Å². The van der Waals surface area contributed by atoms with Gasteiger partial charge in [0, 0.05) is 47.9 Å². The van der Waals surface area contributed by atoms with Crippen LogP contribution in [0.1, 0.15) is 40.1 Å². The first-order valence-electron chi connectivity index (χ1n) is 9.42. The molecule has 1 aliphatic rings. The number of aliphatic hydroxyl groups excluding tert-OH is 1. The average molecular weight is 401 g/mol. The largest absolute Gasteiger partial charge is 0.388 e. The maximum Gasteiger partial charge on any atom is 0.254 e. The number of benzene rings is 2. The molecule has 1 N–H and O–H groups in total. The van der Waals surface area contributed by atoms with Crippen molar-refractivity contribution in [2.45, 2.75) is 32.5 Å². The lowest BCUT2D eigenvalue weighted by Gasteiger charge is -2.44. The quantitative estimate of drug-likeness (QED) is 0.782. The smallest absolute Gasteiger partial charge is 0.254 e. The predicted octanol–water partition coefficient (Wildman–Crippen LogP) is 3.25. The Bertz CT molecular complexity index is 824. The molecule has 0 unspecified atom stereocenters. The van der Waals surface area contributed by atoms with Crippen LogP contribution in [0, 0.1) is 0 Å². The van der Waals surface area contributed by atoms with Gasteiger partial charge in [0.1, 0.15) is 6.61 Å². The van der Waals surface area contributed by atoms with E-state index in [1.165, 1.54) is 0 Å². The third kappa shape index (κ3) is 4.61. The maximum absolute atomic E-state index is 12.9. The van der Waals surface area contributed by atoms with Crippen molar-refractivity contribution < 1.29 is 14.7 Å². The SMILES string of the molecule is C[C@@H]1CN(Cc2ccc(C(=O)CO)cc2)C[C@H](C)N1C(=O)c1ccc(Cl)cc1. The van der Waals surface area contributed by atoms with E-state index < -0.39 is 6.61 Å². The molecule has 1 amide bonds. The highest BCUT2D eigenvalue weighted by atomic mass is 35.5. The van der Waals surface area contributed by atoms with E-state index in [0.717, 1.165) is 25.2 Å². The molecule has 1 aliphatic heterocycles. The Balaban J connectivity index is 1.65. The lowest BCUT2D eigenvalue weighted by molar-refractivity contribution is 0.0268. The van der Waals surface area contributed by atoms with E-state index in [-0.39, 0.29) is 23.8 Å². The van der Waals surface area contributed by atoms with Crippen molar-refractivity contribution in [2.75, 3.05) is 19.7 Å². The Hall–Kier alpha value is -2.21. The van der Waals surface area contributed by atoms with Crippen LogP contribution in [0.2, 0.25) is 5.02 Å². The van der Waals surface area contributed by atoms with Crippen molar-refractivity contribution in [2.24, 2.45) is 0 Å². The van der Waals surface area contributed by atoms with Crippen LogP contribution in [0.5, 0.6) is 0 Å². The van der Waals surface area contributed by atoms with E-state index >= 15 is 0 Å². The predicted molar refractivity (Wildman–Crippen MR) is 110 cm³/mol. The van der Waals surface area contributed by atoms with Crippen molar-refractivity contribution in [1.82, 2.24) is 9.80 Å². The van der Waals surface area contributed by atoms with Gasteiger partial charge in [0.05, 0.1) is 0 Å². The molecular formula is C22H25ClN2O3. The van der Waals surface area contributed by atoms with Crippen LogP contribution < -0.4 is 0 Å². The summed E-state index contributed by atoms with van der Waals surface area (Å²) in [5, 5.41) is 9.57. The van der Waals surface area contributed by atoms with Gasteiger partial charge in [0.15, 0.2) is 5.78 Å². The van der Waals surface area contributed by atoms with Gasteiger partial charge in [-0.3, -0.25) is 14.5 Å². The van der Waals surface area contributed by atoms with Crippen molar-refractivity contribution in [3.8, 4) is 0 Å². The first-order valence-corrected chi connectivity index (χ1v) is 9.80. The summed E-state index contributed by atoms with van der Waals surface area (Å²) >= 11 is 5.93. The first-order chi connectivity index (χ1) is 13.4. The van der Waals surface area contributed by atoms with E-state index in [9.17, 15) is 9.59 Å². The van der Waals surface area contributed by atoms with Gasteiger partial charge in [-0.15, -0.1) is 0 Å². The second-order valence-corrected chi connectivity index (χ2v) is 7.83. The lowest BCUT2D eigenvalue weighted by atomic mass is 10.0. The van der Waals surface area contributed by atoms with Crippen LogP contribution in [0.4, 0.5) is 0 Å². The number of rotatable bonds is 5. The van der Waals surface area contributed by atoms with Gasteiger partial charge >= 0.3 is 0 Å². The molecule has 3 rings (SSSR count). The topological polar surface area (TPSA) is 60.9 Å². The second-order valence-electron chi connectivity index (χ2n) is 7.39. The van der Waals surface area contributed by atoms with Crippen LogP contribution in [-0.2, 0) is 6.54 Å². The number of ketones is 1.